The van der Waals surface area contributed by atoms with Crippen molar-refractivity contribution in [1.82, 2.24) is 9.55 Å². The Balaban J connectivity index is 2.77. The van der Waals surface area contributed by atoms with Gasteiger partial charge in [0.15, 0.2) is 0 Å². The number of nitrogens with zero attached hydrogens (tertiary/aromatic N) is 1. The van der Waals surface area contributed by atoms with Crippen LogP contribution in [0.3, 0.4) is 0 Å². The van der Waals surface area contributed by atoms with E-state index in [2.05, 4.69) is 4.98 Å². The number of aromatic amines is 1. The molecule has 0 aliphatic heterocycles. The highest BCUT2D eigenvalue weighted by Crippen LogP contribution is 2.11. The summed E-state index contributed by atoms with van der Waals surface area (Å²) in [6, 6.07) is 6.39. The van der Waals surface area contributed by atoms with Crippen LogP contribution in [-0.2, 0) is 0 Å². The quantitative estimate of drug-likeness (QED) is 0.808. The molecule has 0 saturated heterocycles. The molecule has 4 nitrogen and oxygen atoms in total. The van der Waals surface area contributed by atoms with Crippen molar-refractivity contribution in [2.24, 2.45) is 0 Å². The molecule has 0 radical (unpaired) electrons. The normalized spacial score (nSPS) is 10.5. The van der Waals surface area contributed by atoms with Gasteiger partial charge in [0, 0.05) is 5.02 Å². The summed E-state index contributed by atoms with van der Waals surface area (Å²) in [5, 5.41) is 0.592. The van der Waals surface area contributed by atoms with E-state index in [0.717, 1.165) is 4.57 Å². The standard InChI is InChI=1S/C11H8Cl2N2O2/c1-6-9(13)14-11(17)15(10(6)16)8-4-2-7(12)3-5-8/h2-5H,1H3,(H,14,17). The number of halogens is 2. The Bertz CT molecular complexity index is 671. The molecule has 0 aliphatic carbocycles. The summed E-state index contributed by atoms with van der Waals surface area (Å²) in [7, 11) is 0. The molecule has 0 aliphatic rings. The van der Waals surface area contributed by atoms with Crippen LogP contribution in [0.15, 0.2) is 33.9 Å². The average Bonchev–Trinajstić information content (AvgIpc) is 2.29. The van der Waals surface area contributed by atoms with Crippen molar-refractivity contribution in [3.8, 4) is 5.69 Å². The number of H-pyrrole nitrogens is 1. The molecule has 6 heteroatoms. The lowest BCUT2D eigenvalue weighted by Crippen LogP contribution is -2.35. The number of nitrogens with one attached hydrogen (secondary N) is 1. The van der Waals surface area contributed by atoms with Crippen molar-refractivity contribution in [1.29, 1.82) is 0 Å². The summed E-state index contributed by atoms with van der Waals surface area (Å²) in [5.74, 6) is 0. The summed E-state index contributed by atoms with van der Waals surface area (Å²) in [5.41, 5.74) is -0.282. The summed E-state index contributed by atoms with van der Waals surface area (Å²) in [6.07, 6.45) is 0. The molecule has 2 aromatic rings. The Hall–Kier alpha value is -1.52. The minimum atomic E-state index is -0.576. The van der Waals surface area contributed by atoms with Gasteiger partial charge in [-0.15, -0.1) is 0 Å². The Morgan fingerprint density at radius 1 is 1.12 bits per heavy atom. The maximum absolute atomic E-state index is 11.9. The van der Waals surface area contributed by atoms with Crippen molar-refractivity contribution in [2.75, 3.05) is 0 Å². The fourth-order valence-electron chi connectivity index (χ4n) is 1.42. The topological polar surface area (TPSA) is 54.9 Å². The summed E-state index contributed by atoms with van der Waals surface area (Å²) >= 11 is 11.5. The van der Waals surface area contributed by atoms with Crippen LogP contribution in [0.4, 0.5) is 0 Å². The van der Waals surface area contributed by atoms with Gasteiger partial charge in [0.25, 0.3) is 5.56 Å². The van der Waals surface area contributed by atoms with Gasteiger partial charge in [-0.25, -0.2) is 9.36 Å². The fourth-order valence-corrected chi connectivity index (χ4v) is 1.71. The molecule has 0 amide bonds. The van der Waals surface area contributed by atoms with Crippen LogP contribution in [0.2, 0.25) is 10.2 Å². The van der Waals surface area contributed by atoms with E-state index in [1.807, 2.05) is 0 Å². The molecule has 0 spiro atoms. The van der Waals surface area contributed by atoms with Crippen LogP contribution >= 0.6 is 23.2 Å². The van der Waals surface area contributed by atoms with Crippen LogP contribution in [-0.4, -0.2) is 9.55 Å². The van der Waals surface area contributed by atoms with Gasteiger partial charge in [-0.1, -0.05) is 23.2 Å². The smallest absolute Gasteiger partial charge is 0.297 e. The first-order valence-electron chi connectivity index (χ1n) is 4.78. The average molecular weight is 271 g/mol. The van der Waals surface area contributed by atoms with Gasteiger partial charge in [-0.05, 0) is 31.2 Å². The largest absolute Gasteiger partial charge is 0.334 e. The van der Waals surface area contributed by atoms with Gasteiger partial charge < -0.3 is 0 Å². The molecule has 0 saturated carbocycles. The predicted octanol–water partition coefficient (Wildman–Crippen LogP) is 2.14. The maximum Gasteiger partial charge on any atom is 0.334 e. The molecule has 88 valence electrons. The van der Waals surface area contributed by atoms with Crippen molar-refractivity contribution >= 4 is 23.2 Å². The fraction of sp³-hybridized carbons (Fsp3) is 0.0909. The van der Waals surface area contributed by atoms with Crippen LogP contribution in [0.25, 0.3) is 5.69 Å². The van der Waals surface area contributed by atoms with Crippen LogP contribution in [0.5, 0.6) is 0 Å². The van der Waals surface area contributed by atoms with Gasteiger partial charge in [-0.2, -0.15) is 0 Å². The van der Waals surface area contributed by atoms with Gasteiger partial charge in [0.2, 0.25) is 0 Å². The molecule has 0 atom stereocenters. The highest BCUT2D eigenvalue weighted by molar-refractivity contribution is 6.30. The predicted molar refractivity (Wildman–Crippen MR) is 67.4 cm³/mol. The van der Waals surface area contributed by atoms with Gasteiger partial charge in [0.1, 0.15) is 5.15 Å². The zero-order valence-electron chi connectivity index (χ0n) is 8.83. The minimum Gasteiger partial charge on any atom is -0.297 e. The third-order valence-corrected chi connectivity index (χ3v) is 2.99. The van der Waals surface area contributed by atoms with Crippen LogP contribution < -0.4 is 11.2 Å². The van der Waals surface area contributed by atoms with E-state index in [1.54, 1.807) is 31.2 Å². The van der Waals surface area contributed by atoms with Gasteiger partial charge in [-0.3, -0.25) is 9.78 Å². The second-order valence-electron chi connectivity index (χ2n) is 3.49. The van der Waals surface area contributed by atoms with E-state index in [9.17, 15) is 9.59 Å². The lowest BCUT2D eigenvalue weighted by atomic mass is 10.3. The molecule has 2 rings (SSSR count). The Morgan fingerprint density at radius 3 is 2.29 bits per heavy atom. The van der Waals surface area contributed by atoms with E-state index in [-0.39, 0.29) is 5.15 Å². The zero-order chi connectivity index (χ0) is 12.6. The first-order valence-corrected chi connectivity index (χ1v) is 5.53. The van der Waals surface area contributed by atoms with Crippen molar-refractivity contribution in [3.63, 3.8) is 0 Å². The first-order chi connectivity index (χ1) is 8.00. The molecular weight excluding hydrogens is 263 g/mol. The molecule has 1 heterocycles. The molecular formula is C11H8Cl2N2O2. The van der Waals surface area contributed by atoms with Crippen molar-refractivity contribution in [3.05, 3.63) is 60.8 Å². The molecule has 0 unspecified atom stereocenters. The van der Waals surface area contributed by atoms with E-state index in [0.29, 0.717) is 16.3 Å². The Labute approximate surface area is 106 Å². The summed E-state index contributed by atoms with van der Waals surface area (Å²) in [4.78, 5) is 26.0. The third kappa shape index (κ3) is 2.14. The minimum absolute atomic E-state index is 0.0604. The van der Waals surface area contributed by atoms with E-state index in [1.165, 1.54) is 0 Å². The highest BCUT2D eigenvalue weighted by atomic mass is 35.5. The molecule has 1 aromatic carbocycles. The summed E-state index contributed by atoms with van der Waals surface area (Å²) < 4.78 is 1.01. The Kier molecular flexibility index (Phi) is 3.09. The molecule has 0 fully saturated rings. The molecule has 17 heavy (non-hydrogen) atoms. The molecule has 1 aromatic heterocycles. The van der Waals surface area contributed by atoms with E-state index >= 15 is 0 Å². The lowest BCUT2D eigenvalue weighted by molar-refractivity contribution is 0.860. The maximum atomic E-state index is 11.9. The summed E-state index contributed by atoms with van der Waals surface area (Å²) in [6.45, 7) is 1.55. The van der Waals surface area contributed by atoms with Crippen LogP contribution in [0, 0.1) is 6.92 Å². The number of rotatable bonds is 1. The number of benzene rings is 1. The van der Waals surface area contributed by atoms with E-state index in [4.69, 9.17) is 23.2 Å². The van der Waals surface area contributed by atoms with Gasteiger partial charge >= 0.3 is 5.69 Å². The zero-order valence-corrected chi connectivity index (χ0v) is 10.3. The van der Waals surface area contributed by atoms with Gasteiger partial charge in [0.05, 0.1) is 11.3 Å². The second-order valence-corrected chi connectivity index (χ2v) is 4.30. The van der Waals surface area contributed by atoms with Crippen molar-refractivity contribution in [2.45, 2.75) is 6.92 Å². The monoisotopic (exact) mass is 270 g/mol. The molecule has 1 N–H and O–H groups in total. The van der Waals surface area contributed by atoms with Crippen LogP contribution in [0.1, 0.15) is 5.56 Å². The second kappa shape index (κ2) is 4.39. The van der Waals surface area contributed by atoms with Crippen molar-refractivity contribution < 1.29 is 0 Å². The third-order valence-electron chi connectivity index (χ3n) is 2.36. The number of hydrogen-bond acceptors (Lipinski definition) is 2. The lowest BCUT2D eigenvalue weighted by Gasteiger charge is -2.06. The molecule has 0 bridgehead atoms. The first kappa shape index (κ1) is 12.0. The number of hydrogen-bond donors (Lipinski definition) is 1. The number of aromatic nitrogens is 2. The van der Waals surface area contributed by atoms with E-state index < -0.39 is 11.2 Å². The SMILES string of the molecule is Cc1c(Cl)[nH]c(=O)n(-c2ccc(Cl)cc2)c1=O. The Morgan fingerprint density at radius 2 is 1.71 bits per heavy atom. The highest BCUT2D eigenvalue weighted by Gasteiger charge is 2.10.